The largest absolute Gasteiger partial charge is 0.494 e. The molecule has 28 heavy (non-hydrogen) atoms. The van der Waals surface area contributed by atoms with Crippen molar-refractivity contribution in [2.75, 3.05) is 18.5 Å². The van der Waals surface area contributed by atoms with Crippen LogP contribution in [0.5, 0.6) is 5.75 Å². The van der Waals surface area contributed by atoms with Crippen LogP contribution in [0.25, 0.3) is 6.08 Å². The Morgan fingerprint density at radius 2 is 2.00 bits per heavy atom. The second-order valence-corrected chi connectivity index (χ2v) is 7.65. The maximum absolute atomic E-state index is 12.6. The lowest BCUT2D eigenvalue weighted by Crippen LogP contribution is -2.36. The van der Waals surface area contributed by atoms with Crippen LogP contribution in [0, 0.1) is 0 Å². The van der Waals surface area contributed by atoms with Crippen molar-refractivity contribution in [1.29, 1.82) is 0 Å². The zero-order valence-electron chi connectivity index (χ0n) is 15.0. The third-order valence-corrected chi connectivity index (χ3v) is 5.39. The molecule has 1 aliphatic heterocycles. The average Bonchev–Trinajstić information content (AvgIpc) is 2.92. The second kappa shape index (κ2) is 9.07. The molecule has 2 aromatic carbocycles. The minimum absolute atomic E-state index is 0.271. The smallest absolute Gasteiger partial charge is 0.294 e. The number of carbonyl (C=O) groups excluding carboxylic acids is 3. The van der Waals surface area contributed by atoms with E-state index in [0.29, 0.717) is 22.5 Å². The Bertz CT molecular complexity index is 961. The lowest BCUT2D eigenvalue weighted by molar-refractivity contribution is -0.127. The monoisotopic (exact) mass is 460 g/mol. The van der Waals surface area contributed by atoms with E-state index in [1.54, 1.807) is 30.3 Å². The number of para-hydroxylation sites is 1. The maximum Gasteiger partial charge on any atom is 0.294 e. The lowest BCUT2D eigenvalue weighted by atomic mass is 10.2. The molecule has 0 saturated carbocycles. The molecular formula is C20H17BrN2O4S. The number of carbonyl (C=O) groups is 3. The molecule has 3 amide bonds. The Hall–Kier alpha value is -2.58. The molecule has 2 aromatic rings. The summed E-state index contributed by atoms with van der Waals surface area (Å²) in [4.78, 5) is 38.3. The molecule has 144 valence electrons. The van der Waals surface area contributed by atoms with Crippen molar-refractivity contribution in [3.8, 4) is 5.75 Å². The predicted molar refractivity (Wildman–Crippen MR) is 113 cm³/mol. The number of hydrogen-bond acceptors (Lipinski definition) is 5. The van der Waals surface area contributed by atoms with Crippen molar-refractivity contribution in [2.45, 2.75) is 6.92 Å². The van der Waals surface area contributed by atoms with Crippen LogP contribution >= 0.6 is 27.7 Å². The van der Waals surface area contributed by atoms with Crippen LogP contribution in [0.1, 0.15) is 12.5 Å². The number of halogens is 1. The number of anilines is 1. The molecule has 1 fully saturated rings. The van der Waals surface area contributed by atoms with Gasteiger partial charge >= 0.3 is 0 Å². The van der Waals surface area contributed by atoms with E-state index in [0.717, 1.165) is 22.2 Å². The number of amides is 3. The van der Waals surface area contributed by atoms with Crippen LogP contribution < -0.4 is 10.1 Å². The number of nitrogens with one attached hydrogen (secondary N) is 1. The van der Waals surface area contributed by atoms with Gasteiger partial charge in [-0.2, -0.15) is 0 Å². The van der Waals surface area contributed by atoms with E-state index in [1.807, 2.05) is 31.2 Å². The standard InChI is InChI=1S/C20H17BrN2O4S/c1-2-27-14-7-5-6-13(10-14)11-17-19(25)23(20(26)28-17)12-18(24)22-16-9-4-3-8-15(16)21/h3-11H,2,12H2,1H3,(H,22,24)/b17-11-. The number of ether oxygens (including phenoxy) is 1. The minimum atomic E-state index is -0.487. The molecular weight excluding hydrogens is 444 g/mol. The zero-order valence-corrected chi connectivity index (χ0v) is 17.4. The molecule has 8 heteroatoms. The fraction of sp³-hybridized carbons (Fsp3) is 0.150. The first-order chi connectivity index (χ1) is 13.5. The summed E-state index contributed by atoms with van der Waals surface area (Å²) in [6, 6.07) is 14.3. The van der Waals surface area contributed by atoms with Crippen LogP contribution in [0.4, 0.5) is 10.5 Å². The summed E-state index contributed by atoms with van der Waals surface area (Å²) in [5.74, 6) is -0.254. The van der Waals surface area contributed by atoms with Crippen molar-refractivity contribution in [1.82, 2.24) is 4.90 Å². The van der Waals surface area contributed by atoms with Gasteiger partial charge in [0, 0.05) is 4.47 Å². The number of hydrogen-bond donors (Lipinski definition) is 1. The summed E-state index contributed by atoms with van der Waals surface area (Å²) in [5.41, 5.74) is 1.32. The van der Waals surface area contributed by atoms with Crippen LogP contribution in [0.2, 0.25) is 0 Å². The van der Waals surface area contributed by atoms with E-state index in [1.165, 1.54) is 0 Å². The first-order valence-electron chi connectivity index (χ1n) is 8.50. The highest BCUT2D eigenvalue weighted by Crippen LogP contribution is 2.32. The molecule has 0 atom stereocenters. The fourth-order valence-electron chi connectivity index (χ4n) is 2.54. The minimum Gasteiger partial charge on any atom is -0.494 e. The van der Waals surface area contributed by atoms with Gasteiger partial charge in [-0.25, -0.2) is 0 Å². The van der Waals surface area contributed by atoms with Gasteiger partial charge in [0.05, 0.1) is 17.2 Å². The number of nitrogens with zero attached hydrogens (tertiary/aromatic N) is 1. The molecule has 1 heterocycles. The normalized spacial score (nSPS) is 15.2. The quantitative estimate of drug-likeness (QED) is 0.641. The second-order valence-electron chi connectivity index (χ2n) is 5.80. The summed E-state index contributed by atoms with van der Waals surface area (Å²) in [6.45, 7) is 2.08. The lowest BCUT2D eigenvalue weighted by Gasteiger charge is -2.13. The molecule has 0 aliphatic carbocycles. The predicted octanol–water partition coefficient (Wildman–Crippen LogP) is 4.52. The van der Waals surface area contributed by atoms with Crippen LogP contribution in [0.15, 0.2) is 57.9 Å². The van der Waals surface area contributed by atoms with Crippen molar-refractivity contribution in [3.63, 3.8) is 0 Å². The molecule has 0 bridgehead atoms. The molecule has 3 rings (SSSR count). The Kier molecular flexibility index (Phi) is 6.53. The van der Waals surface area contributed by atoms with Crippen LogP contribution in [-0.2, 0) is 9.59 Å². The van der Waals surface area contributed by atoms with E-state index in [9.17, 15) is 14.4 Å². The summed E-state index contributed by atoms with van der Waals surface area (Å²) in [6.07, 6.45) is 1.62. The van der Waals surface area contributed by atoms with Gasteiger partial charge in [-0.1, -0.05) is 24.3 Å². The Morgan fingerprint density at radius 3 is 2.75 bits per heavy atom. The summed E-state index contributed by atoms with van der Waals surface area (Å²) in [5, 5.41) is 2.21. The van der Waals surface area contributed by atoms with Gasteiger partial charge in [0.15, 0.2) is 0 Å². The van der Waals surface area contributed by atoms with Gasteiger partial charge in [-0.05, 0) is 70.5 Å². The number of benzene rings is 2. The SMILES string of the molecule is CCOc1cccc(/C=C2\SC(=O)N(CC(=O)Nc3ccccc3Br)C2=O)c1. The molecule has 6 nitrogen and oxygen atoms in total. The van der Waals surface area contributed by atoms with Gasteiger partial charge in [0.2, 0.25) is 5.91 Å². The summed E-state index contributed by atoms with van der Waals surface area (Å²) in [7, 11) is 0. The van der Waals surface area contributed by atoms with Gasteiger partial charge in [-0.15, -0.1) is 0 Å². The Morgan fingerprint density at radius 1 is 1.21 bits per heavy atom. The van der Waals surface area contributed by atoms with E-state index in [2.05, 4.69) is 21.2 Å². The van der Waals surface area contributed by atoms with E-state index in [-0.39, 0.29) is 11.4 Å². The highest BCUT2D eigenvalue weighted by Gasteiger charge is 2.36. The third kappa shape index (κ3) is 4.82. The first kappa shape index (κ1) is 20.2. The number of thioether (sulfide) groups is 1. The summed E-state index contributed by atoms with van der Waals surface area (Å²) >= 11 is 4.15. The van der Waals surface area contributed by atoms with Crippen LogP contribution in [0.3, 0.4) is 0 Å². The van der Waals surface area contributed by atoms with E-state index >= 15 is 0 Å². The van der Waals surface area contributed by atoms with Crippen molar-refractivity contribution >= 4 is 56.5 Å². The van der Waals surface area contributed by atoms with Crippen LogP contribution in [-0.4, -0.2) is 35.1 Å². The molecule has 1 aliphatic rings. The molecule has 0 aromatic heterocycles. The third-order valence-electron chi connectivity index (χ3n) is 3.79. The maximum atomic E-state index is 12.6. The van der Waals surface area contributed by atoms with E-state index < -0.39 is 17.1 Å². The molecule has 1 saturated heterocycles. The molecule has 1 N–H and O–H groups in total. The zero-order chi connectivity index (χ0) is 20.1. The Labute approximate surface area is 175 Å². The van der Waals surface area contributed by atoms with Crippen molar-refractivity contribution in [2.24, 2.45) is 0 Å². The number of imide groups is 1. The highest BCUT2D eigenvalue weighted by atomic mass is 79.9. The number of rotatable bonds is 6. The topological polar surface area (TPSA) is 75.7 Å². The first-order valence-corrected chi connectivity index (χ1v) is 10.1. The molecule has 0 radical (unpaired) electrons. The van der Waals surface area contributed by atoms with Crippen molar-refractivity contribution < 1.29 is 19.1 Å². The van der Waals surface area contributed by atoms with Crippen molar-refractivity contribution in [3.05, 3.63) is 63.5 Å². The summed E-state index contributed by atoms with van der Waals surface area (Å²) < 4.78 is 6.16. The van der Waals surface area contributed by atoms with Gasteiger partial charge in [0.1, 0.15) is 12.3 Å². The van der Waals surface area contributed by atoms with Gasteiger partial charge in [0.25, 0.3) is 11.1 Å². The average molecular weight is 461 g/mol. The van der Waals surface area contributed by atoms with Gasteiger partial charge < -0.3 is 10.1 Å². The Balaban J connectivity index is 1.70. The highest BCUT2D eigenvalue weighted by molar-refractivity contribution is 9.10. The van der Waals surface area contributed by atoms with E-state index in [4.69, 9.17) is 4.74 Å². The molecule has 0 unspecified atom stereocenters. The van der Waals surface area contributed by atoms with Gasteiger partial charge in [-0.3, -0.25) is 19.3 Å². The fourth-order valence-corrected chi connectivity index (χ4v) is 3.77. The molecule has 0 spiro atoms.